The SMILES string of the molecule is O=C(CC(C(=O)c1ccccc1)C1C(=O)NC(=S)NC1=O)c1ccccc1. The molecule has 3 rings (SSSR count). The summed E-state index contributed by atoms with van der Waals surface area (Å²) in [5.74, 6) is -4.60. The van der Waals surface area contributed by atoms with E-state index in [0.717, 1.165) is 0 Å². The van der Waals surface area contributed by atoms with Crippen molar-refractivity contribution in [3.05, 3.63) is 71.8 Å². The normalized spacial score (nSPS) is 15.6. The van der Waals surface area contributed by atoms with Gasteiger partial charge in [-0.25, -0.2) is 0 Å². The highest BCUT2D eigenvalue weighted by Gasteiger charge is 2.43. The van der Waals surface area contributed by atoms with Gasteiger partial charge in [-0.3, -0.25) is 19.2 Å². The van der Waals surface area contributed by atoms with Crippen LogP contribution in [-0.4, -0.2) is 28.5 Å². The maximum atomic E-state index is 13.0. The van der Waals surface area contributed by atoms with Crippen LogP contribution in [0.5, 0.6) is 0 Å². The molecule has 0 aliphatic carbocycles. The molecule has 0 bridgehead atoms. The second kappa shape index (κ2) is 8.01. The zero-order valence-electron chi connectivity index (χ0n) is 14.2. The maximum Gasteiger partial charge on any atom is 0.239 e. The van der Waals surface area contributed by atoms with Gasteiger partial charge < -0.3 is 10.6 Å². The number of ketones is 2. The molecule has 1 aliphatic heterocycles. The summed E-state index contributed by atoms with van der Waals surface area (Å²) in [6.07, 6.45) is -0.268. The Morgan fingerprint density at radius 1 is 0.852 bits per heavy atom. The predicted octanol–water partition coefficient (Wildman–Crippen LogP) is 1.91. The van der Waals surface area contributed by atoms with Gasteiger partial charge in [0.1, 0.15) is 5.92 Å². The second-order valence-corrected chi connectivity index (χ2v) is 6.52. The molecule has 0 saturated carbocycles. The Labute approximate surface area is 161 Å². The molecular formula is C20H16N2O4S. The number of Topliss-reactive ketones (excluding diaryl/α,β-unsaturated/α-hetero) is 2. The first kappa shape index (κ1) is 18.6. The molecule has 27 heavy (non-hydrogen) atoms. The van der Waals surface area contributed by atoms with Crippen molar-refractivity contribution in [1.29, 1.82) is 0 Å². The van der Waals surface area contributed by atoms with Crippen LogP contribution in [0.3, 0.4) is 0 Å². The average Bonchev–Trinajstić information content (AvgIpc) is 2.67. The van der Waals surface area contributed by atoms with Gasteiger partial charge in [0.15, 0.2) is 16.7 Å². The molecule has 0 radical (unpaired) electrons. The highest BCUT2D eigenvalue weighted by Crippen LogP contribution is 2.25. The molecule has 2 aromatic carbocycles. The summed E-state index contributed by atoms with van der Waals surface area (Å²) in [7, 11) is 0. The summed E-state index contributed by atoms with van der Waals surface area (Å²) in [6, 6.07) is 16.7. The smallest absolute Gasteiger partial charge is 0.239 e. The molecule has 0 aromatic heterocycles. The molecule has 6 nitrogen and oxygen atoms in total. The van der Waals surface area contributed by atoms with Crippen LogP contribution in [-0.2, 0) is 9.59 Å². The van der Waals surface area contributed by atoms with Crippen LogP contribution in [0, 0.1) is 11.8 Å². The fourth-order valence-electron chi connectivity index (χ4n) is 3.02. The minimum Gasteiger partial charge on any atom is -0.302 e. The van der Waals surface area contributed by atoms with E-state index in [4.69, 9.17) is 12.2 Å². The fraction of sp³-hybridized carbons (Fsp3) is 0.150. The van der Waals surface area contributed by atoms with Gasteiger partial charge in [0, 0.05) is 17.5 Å². The number of carbonyl (C=O) groups is 4. The monoisotopic (exact) mass is 380 g/mol. The van der Waals surface area contributed by atoms with Crippen molar-refractivity contribution in [2.24, 2.45) is 11.8 Å². The lowest BCUT2D eigenvalue weighted by Crippen LogP contribution is -2.58. The molecule has 1 heterocycles. The van der Waals surface area contributed by atoms with Crippen LogP contribution >= 0.6 is 12.2 Å². The molecule has 1 aliphatic rings. The molecular weight excluding hydrogens is 364 g/mol. The molecule has 7 heteroatoms. The molecule has 1 fully saturated rings. The second-order valence-electron chi connectivity index (χ2n) is 6.12. The van der Waals surface area contributed by atoms with E-state index in [1.54, 1.807) is 60.7 Å². The summed E-state index contributed by atoms with van der Waals surface area (Å²) in [5, 5.41) is 4.60. The Kier molecular flexibility index (Phi) is 5.52. The van der Waals surface area contributed by atoms with Crippen molar-refractivity contribution < 1.29 is 19.2 Å². The molecule has 0 spiro atoms. The molecule has 1 unspecified atom stereocenters. The maximum absolute atomic E-state index is 13.0. The van der Waals surface area contributed by atoms with Crippen molar-refractivity contribution in [1.82, 2.24) is 10.6 Å². The summed E-state index contributed by atoms with van der Waals surface area (Å²) < 4.78 is 0. The van der Waals surface area contributed by atoms with Gasteiger partial charge in [-0.05, 0) is 12.2 Å². The van der Waals surface area contributed by atoms with E-state index >= 15 is 0 Å². The summed E-state index contributed by atoms with van der Waals surface area (Å²) in [5.41, 5.74) is 0.743. The lowest BCUT2D eigenvalue weighted by atomic mass is 9.79. The lowest BCUT2D eigenvalue weighted by molar-refractivity contribution is -0.136. The highest BCUT2D eigenvalue weighted by molar-refractivity contribution is 7.80. The van der Waals surface area contributed by atoms with Crippen LogP contribution in [0.2, 0.25) is 0 Å². The van der Waals surface area contributed by atoms with Crippen LogP contribution in [0.1, 0.15) is 27.1 Å². The zero-order chi connectivity index (χ0) is 19.4. The van der Waals surface area contributed by atoms with Crippen LogP contribution < -0.4 is 10.6 Å². The molecule has 2 aromatic rings. The lowest BCUT2D eigenvalue weighted by Gasteiger charge is -2.28. The van der Waals surface area contributed by atoms with Gasteiger partial charge in [0.05, 0.1) is 5.92 Å². The van der Waals surface area contributed by atoms with E-state index in [1.807, 2.05) is 0 Å². The van der Waals surface area contributed by atoms with E-state index in [2.05, 4.69) is 10.6 Å². The first-order valence-electron chi connectivity index (χ1n) is 8.30. The minimum absolute atomic E-state index is 0.110. The summed E-state index contributed by atoms with van der Waals surface area (Å²) in [6.45, 7) is 0. The Bertz CT molecular complexity index is 892. The van der Waals surface area contributed by atoms with Gasteiger partial charge in [0.2, 0.25) is 11.8 Å². The first-order valence-corrected chi connectivity index (χ1v) is 8.71. The van der Waals surface area contributed by atoms with E-state index in [-0.39, 0.29) is 17.3 Å². The zero-order valence-corrected chi connectivity index (χ0v) is 15.0. The number of carbonyl (C=O) groups excluding carboxylic acids is 4. The van der Waals surface area contributed by atoms with Crippen LogP contribution in [0.4, 0.5) is 0 Å². The third-order valence-electron chi connectivity index (χ3n) is 4.34. The number of hydrogen-bond donors (Lipinski definition) is 2. The standard InChI is InChI=1S/C20H16N2O4S/c23-15(12-7-3-1-4-8-12)11-14(17(24)13-9-5-2-6-10-13)16-18(25)21-20(27)22-19(16)26/h1-10,14,16H,11H2,(H2,21,22,25,26,27). The molecule has 136 valence electrons. The first-order chi connectivity index (χ1) is 13.0. The fourth-order valence-corrected chi connectivity index (χ4v) is 3.22. The Balaban J connectivity index is 1.95. The third kappa shape index (κ3) is 4.15. The van der Waals surface area contributed by atoms with Gasteiger partial charge in [-0.2, -0.15) is 0 Å². The minimum atomic E-state index is -1.34. The molecule has 2 N–H and O–H groups in total. The molecule has 1 saturated heterocycles. The van der Waals surface area contributed by atoms with E-state index in [9.17, 15) is 19.2 Å². The average molecular weight is 380 g/mol. The van der Waals surface area contributed by atoms with Crippen LogP contribution in [0.25, 0.3) is 0 Å². The third-order valence-corrected chi connectivity index (χ3v) is 4.54. The number of rotatable bonds is 6. The van der Waals surface area contributed by atoms with Gasteiger partial charge in [0.25, 0.3) is 0 Å². The number of amides is 2. The highest BCUT2D eigenvalue weighted by atomic mass is 32.1. The Morgan fingerprint density at radius 2 is 1.33 bits per heavy atom. The number of thiocarbonyl (C=S) groups is 1. The van der Waals surface area contributed by atoms with Crippen LogP contribution in [0.15, 0.2) is 60.7 Å². The molecule has 1 atom stereocenters. The van der Waals surface area contributed by atoms with Crippen molar-refractivity contribution in [3.8, 4) is 0 Å². The Morgan fingerprint density at radius 3 is 1.85 bits per heavy atom. The predicted molar refractivity (Wildman–Crippen MR) is 102 cm³/mol. The van der Waals surface area contributed by atoms with E-state index in [1.165, 1.54) is 0 Å². The van der Waals surface area contributed by atoms with Gasteiger partial charge >= 0.3 is 0 Å². The van der Waals surface area contributed by atoms with Crippen molar-refractivity contribution >= 4 is 40.7 Å². The number of benzene rings is 2. The van der Waals surface area contributed by atoms with Gasteiger partial charge in [-0.1, -0.05) is 60.7 Å². The van der Waals surface area contributed by atoms with Crippen molar-refractivity contribution in [2.75, 3.05) is 0 Å². The van der Waals surface area contributed by atoms with E-state index in [0.29, 0.717) is 11.1 Å². The van der Waals surface area contributed by atoms with Crippen molar-refractivity contribution in [3.63, 3.8) is 0 Å². The van der Waals surface area contributed by atoms with Crippen molar-refractivity contribution in [2.45, 2.75) is 6.42 Å². The topological polar surface area (TPSA) is 92.3 Å². The molecule has 2 amide bonds. The number of hydrogen-bond acceptors (Lipinski definition) is 5. The van der Waals surface area contributed by atoms with E-state index < -0.39 is 29.4 Å². The Hall–Kier alpha value is -3.19. The summed E-state index contributed by atoms with van der Waals surface area (Å²) >= 11 is 4.81. The van der Waals surface area contributed by atoms with Gasteiger partial charge in [-0.15, -0.1) is 0 Å². The summed E-state index contributed by atoms with van der Waals surface area (Å²) in [4.78, 5) is 50.5. The largest absolute Gasteiger partial charge is 0.302 e. The number of nitrogens with one attached hydrogen (secondary N) is 2. The quantitative estimate of drug-likeness (QED) is 0.454.